The topological polar surface area (TPSA) is 100 Å². The SMILES string of the molecule is CCN(C)C(=O)Cn1nnc(C(=O)O)c1C1CCNCC1. The third-order valence-electron chi connectivity index (χ3n) is 3.89. The molecule has 1 saturated heterocycles. The second-order valence-corrected chi connectivity index (χ2v) is 5.22. The van der Waals surface area contributed by atoms with E-state index in [0.29, 0.717) is 12.2 Å². The molecule has 2 heterocycles. The molecule has 2 rings (SSSR count). The van der Waals surface area contributed by atoms with Gasteiger partial charge in [-0.05, 0) is 32.9 Å². The van der Waals surface area contributed by atoms with Gasteiger partial charge < -0.3 is 15.3 Å². The molecule has 21 heavy (non-hydrogen) atoms. The fourth-order valence-corrected chi connectivity index (χ4v) is 2.51. The van der Waals surface area contributed by atoms with Crippen molar-refractivity contribution in [3.8, 4) is 0 Å². The number of carbonyl (C=O) groups excluding carboxylic acids is 1. The molecule has 1 aliphatic rings. The van der Waals surface area contributed by atoms with Crippen LogP contribution in [0, 0.1) is 0 Å². The van der Waals surface area contributed by atoms with Crippen molar-refractivity contribution in [1.82, 2.24) is 25.2 Å². The normalized spacial score (nSPS) is 15.9. The van der Waals surface area contributed by atoms with Gasteiger partial charge in [-0.2, -0.15) is 0 Å². The Labute approximate surface area is 123 Å². The van der Waals surface area contributed by atoms with Gasteiger partial charge in [0.15, 0.2) is 5.69 Å². The summed E-state index contributed by atoms with van der Waals surface area (Å²) in [6.07, 6.45) is 1.65. The van der Waals surface area contributed by atoms with Crippen LogP contribution >= 0.6 is 0 Å². The molecule has 0 aromatic carbocycles. The summed E-state index contributed by atoms with van der Waals surface area (Å²) in [4.78, 5) is 24.9. The fourth-order valence-electron chi connectivity index (χ4n) is 2.51. The molecule has 2 N–H and O–H groups in total. The smallest absolute Gasteiger partial charge is 0.358 e. The lowest BCUT2D eigenvalue weighted by Crippen LogP contribution is -2.33. The van der Waals surface area contributed by atoms with Crippen molar-refractivity contribution in [1.29, 1.82) is 0 Å². The van der Waals surface area contributed by atoms with Crippen LogP contribution in [0.3, 0.4) is 0 Å². The number of likely N-dealkylation sites (N-methyl/N-ethyl adjacent to an activating group) is 1. The van der Waals surface area contributed by atoms with Crippen molar-refractivity contribution in [3.63, 3.8) is 0 Å². The van der Waals surface area contributed by atoms with Gasteiger partial charge in [0.05, 0.1) is 5.69 Å². The summed E-state index contributed by atoms with van der Waals surface area (Å²) in [5, 5.41) is 20.2. The van der Waals surface area contributed by atoms with Crippen molar-refractivity contribution in [2.75, 3.05) is 26.7 Å². The molecule has 0 unspecified atom stereocenters. The number of rotatable bonds is 5. The van der Waals surface area contributed by atoms with Gasteiger partial charge in [-0.1, -0.05) is 5.21 Å². The van der Waals surface area contributed by atoms with E-state index < -0.39 is 5.97 Å². The van der Waals surface area contributed by atoms with Gasteiger partial charge in [-0.15, -0.1) is 5.10 Å². The van der Waals surface area contributed by atoms with Crippen LogP contribution in [0.1, 0.15) is 41.9 Å². The van der Waals surface area contributed by atoms with Gasteiger partial charge >= 0.3 is 5.97 Å². The number of nitrogens with one attached hydrogen (secondary N) is 1. The molecular formula is C13H21N5O3. The second-order valence-electron chi connectivity index (χ2n) is 5.22. The van der Waals surface area contributed by atoms with Gasteiger partial charge in [0.2, 0.25) is 5.91 Å². The van der Waals surface area contributed by atoms with E-state index in [9.17, 15) is 14.7 Å². The lowest BCUT2D eigenvalue weighted by atomic mass is 9.93. The van der Waals surface area contributed by atoms with E-state index in [2.05, 4.69) is 15.6 Å². The largest absolute Gasteiger partial charge is 0.476 e. The molecule has 0 bridgehead atoms. The number of amides is 1. The molecule has 0 saturated carbocycles. The number of aromatic nitrogens is 3. The number of hydrogen-bond donors (Lipinski definition) is 2. The van der Waals surface area contributed by atoms with Gasteiger partial charge in [0.25, 0.3) is 0 Å². The summed E-state index contributed by atoms with van der Waals surface area (Å²) in [6.45, 7) is 4.18. The first kappa shape index (κ1) is 15.4. The highest BCUT2D eigenvalue weighted by Gasteiger charge is 2.28. The standard InChI is InChI=1S/C13H21N5O3/c1-3-17(2)10(19)8-18-12(9-4-6-14-7-5-9)11(13(20)21)15-16-18/h9,14H,3-8H2,1-2H3,(H,20,21). The van der Waals surface area contributed by atoms with Gasteiger partial charge in [-0.3, -0.25) is 4.79 Å². The summed E-state index contributed by atoms with van der Waals surface area (Å²) < 4.78 is 1.45. The first-order valence-corrected chi connectivity index (χ1v) is 7.16. The van der Waals surface area contributed by atoms with Crippen LogP contribution in [-0.4, -0.2) is 63.6 Å². The predicted molar refractivity (Wildman–Crippen MR) is 75.1 cm³/mol. The number of aromatic carboxylic acids is 1. The highest BCUT2D eigenvalue weighted by atomic mass is 16.4. The molecule has 0 spiro atoms. The number of carboxylic acids is 1. The highest BCUT2D eigenvalue weighted by molar-refractivity contribution is 5.87. The Hall–Kier alpha value is -1.96. The van der Waals surface area contributed by atoms with Crippen LogP contribution < -0.4 is 5.32 Å². The molecule has 8 nitrogen and oxygen atoms in total. The number of nitrogens with zero attached hydrogens (tertiary/aromatic N) is 4. The Kier molecular flexibility index (Phi) is 4.89. The summed E-state index contributed by atoms with van der Waals surface area (Å²) in [6, 6.07) is 0. The number of carbonyl (C=O) groups is 2. The molecule has 1 aromatic heterocycles. The molecule has 0 radical (unpaired) electrons. The van der Waals surface area contributed by atoms with E-state index in [-0.39, 0.29) is 24.1 Å². The quantitative estimate of drug-likeness (QED) is 0.788. The minimum Gasteiger partial charge on any atom is -0.476 e. The third-order valence-corrected chi connectivity index (χ3v) is 3.89. The Bertz CT molecular complexity index is 522. The molecule has 0 aliphatic carbocycles. The third kappa shape index (κ3) is 3.38. The molecule has 1 aliphatic heterocycles. The maximum absolute atomic E-state index is 12.0. The first-order valence-electron chi connectivity index (χ1n) is 7.16. The second kappa shape index (κ2) is 6.66. The molecule has 1 amide bonds. The average molecular weight is 295 g/mol. The van der Waals surface area contributed by atoms with Crippen LogP contribution in [-0.2, 0) is 11.3 Å². The van der Waals surface area contributed by atoms with Crippen LogP contribution in [0.25, 0.3) is 0 Å². The lowest BCUT2D eigenvalue weighted by molar-refractivity contribution is -0.130. The van der Waals surface area contributed by atoms with E-state index in [1.165, 1.54) is 4.68 Å². The Morgan fingerprint density at radius 3 is 2.67 bits per heavy atom. The van der Waals surface area contributed by atoms with Gasteiger partial charge in [-0.25, -0.2) is 9.48 Å². The highest BCUT2D eigenvalue weighted by Crippen LogP contribution is 2.27. The van der Waals surface area contributed by atoms with Crippen molar-refractivity contribution >= 4 is 11.9 Å². The maximum Gasteiger partial charge on any atom is 0.358 e. The van der Waals surface area contributed by atoms with Crippen LogP contribution in [0.4, 0.5) is 0 Å². The molecule has 1 aromatic rings. The van der Waals surface area contributed by atoms with Crippen molar-refractivity contribution < 1.29 is 14.7 Å². The zero-order valence-electron chi connectivity index (χ0n) is 12.4. The zero-order chi connectivity index (χ0) is 15.4. The Morgan fingerprint density at radius 1 is 1.43 bits per heavy atom. The summed E-state index contributed by atoms with van der Waals surface area (Å²) in [5.41, 5.74) is 0.538. The van der Waals surface area contributed by atoms with Crippen LogP contribution in [0.15, 0.2) is 0 Å². The molecule has 0 atom stereocenters. The minimum atomic E-state index is -1.09. The molecule has 8 heteroatoms. The summed E-state index contributed by atoms with van der Waals surface area (Å²) in [5.74, 6) is -1.12. The number of piperidine rings is 1. The van der Waals surface area contributed by atoms with Crippen LogP contribution in [0.5, 0.6) is 0 Å². The summed E-state index contributed by atoms with van der Waals surface area (Å²) >= 11 is 0. The van der Waals surface area contributed by atoms with E-state index in [0.717, 1.165) is 25.9 Å². The van der Waals surface area contributed by atoms with Crippen LogP contribution in [0.2, 0.25) is 0 Å². The van der Waals surface area contributed by atoms with Gasteiger partial charge in [0, 0.05) is 19.5 Å². The zero-order valence-corrected chi connectivity index (χ0v) is 12.4. The maximum atomic E-state index is 12.0. The number of carboxylic acid groups (broad SMARTS) is 1. The van der Waals surface area contributed by atoms with Crippen molar-refractivity contribution in [2.45, 2.75) is 32.2 Å². The molecule has 1 fully saturated rings. The van der Waals surface area contributed by atoms with Crippen molar-refractivity contribution in [3.05, 3.63) is 11.4 Å². The first-order chi connectivity index (χ1) is 10.0. The molecular weight excluding hydrogens is 274 g/mol. The minimum absolute atomic E-state index is 0.0316. The monoisotopic (exact) mass is 295 g/mol. The lowest BCUT2D eigenvalue weighted by Gasteiger charge is -2.24. The van der Waals surface area contributed by atoms with E-state index >= 15 is 0 Å². The average Bonchev–Trinajstić information content (AvgIpc) is 2.91. The van der Waals surface area contributed by atoms with E-state index in [1.54, 1.807) is 11.9 Å². The van der Waals surface area contributed by atoms with Crippen molar-refractivity contribution in [2.24, 2.45) is 0 Å². The molecule has 116 valence electrons. The summed E-state index contributed by atoms with van der Waals surface area (Å²) in [7, 11) is 1.71. The predicted octanol–water partition coefficient (Wildman–Crippen LogP) is -0.0784. The van der Waals surface area contributed by atoms with E-state index in [4.69, 9.17) is 0 Å². The Balaban J connectivity index is 2.28. The van der Waals surface area contributed by atoms with E-state index in [1.807, 2.05) is 6.92 Å². The Morgan fingerprint density at radius 2 is 2.10 bits per heavy atom. The van der Waals surface area contributed by atoms with Gasteiger partial charge in [0.1, 0.15) is 6.54 Å². The fraction of sp³-hybridized carbons (Fsp3) is 0.692. The number of hydrogen-bond acceptors (Lipinski definition) is 5.